The summed E-state index contributed by atoms with van der Waals surface area (Å²) < 4.78 is 0. The Kier molecular flexibility index (Phi) is 8.07. The number of carbonyl (C=O) groups excluding carboxylic acids is 2. The highest BCUT2D eigenvalue weighted by Crippen LogP contribution is 2.21. The predicted molar refractivity (Wildman–Crippen MR) is 116 cm³/mol. The van der Waals surface area contributed by atoms with E-state index in [1.165, 1.54) is 0 Å². The average Bonchev–Trinajstić information content (AvgIpc) is 2.75. The van der Waals surface area contributed by atoms with Crippen LogP contribution in [0.1, 0.15) is 48.9 Å². The van der Waals surface area contributed by atoms with Gasteiger partial charge in [0, 0.05) is 30.7 Å². The first-order valence-electron chi connectivity index (χ1n) is 11.1. The van der Waals surface area contributed by atoms with Gasteiger partial charge in [-0.3, -0.25) is 14.5 Å². The topological polar surface area (TPSA) is 55.9 Å². The zero-order valence-corrected chi connectivity index (χ0v) is 18.0. The van der Waals surface area contributed by atoms with Gasteiger partial charge in [0.2, 0.25) is 5.91 Å². The summed E-state index contributed by atoms with van der Waals surface area (Å²) in [6, 6.07) is 10.0. The molecule has 1 N–H and O–H groups in total. The molecule has 0 aromatic heterocycles. The summed E-state index contributed by atoms with van der Waals surface area (Å²) in [5, 5.41) is 3.01. The second kappa shape index (κ2) is 10.7. The van der Waals surface area contributed by atoms with Crippen molar-refractivity contribution < 1.29 is 9.59 Å². The fraction of sp³-hybridized carbons (Fsp3) is 0.652. The van der Waals surface area contributed by atoms with Gasteiger partial charge in [-0.05, 0) is 77.8 Å². The second-order valence-corrected chi connectivity index (χ2v) is 8.60. The normalized spacial score (nSPS) is 21.3. The number of nitrogens with one attached hydrogen (secondary N) is 1. The largest absolute Gasteiger partial charge is 0.352 e. The minimum Gasteiger partial charge on any atom is -0.352 e. The number of hydrogen-bond donors (Lipinski definition) is 1. The fourth-order valence-electron chi connectivity index (χ4n) is 4.54. The Morgan fingerprint density at radius 1 is 1.07 bits per heavy atom. The van der Waals surface area contributed by atoms with Crippen LogP contribution in [0.4, 0.5) is 0 Å². The van der Waals surface area contributed by atoms with E-state index in [4.69, 9.17) is 0 Å². The highest BCUT2D eigenvalue weighted by molar-refractivity contribution is 5.94. The predicted octanol–water partition coefficient (Wildman–Crippen LogP) is 2.21. The molecule has 0 saturated carbocycles. The molecule has 0 bridgehead atoms. The molecule has 0 unspecified atom stereocenters. The van der Waals surface area contributed by atoms with Crippen molar-refractivity contribution in [3.05, 3.63) is 35.9 Å². The third kappa shape index (κ3) is 6.28. The van der Waals surface area contributed by atoms with Crippen molar-refractivity contribution >= 4 is 11.8 Å². The van der Waals surface area contributed by atoms with Crippen molar-refractivity contribution in [2.45, 2.75) is 50.6 Å². The van der Waals surface area contributed by atoms with Crippen LogP contribution in [0.15, 0.2) is 30.3 Å². The molecule has 1 atom stereocenters. The zero-order valence-electron chi connectivity index (χ0n) is 18.0. The highest BCUT2D eigenvalue weighted by atomic mass is 16.2. The highest BCUT2D eigenvalue weighted by Gasteiger charge is 2.29. The molecule has 2 aliphatic heterocycles. The minimum atomic E-state index is -0.0405. The van der Waals surface area contributed by atoms with Gasteiger partial charge in [0.15, 0.2) is 0 Å². The molecule has 6 nitrogen and oxygen atoms in total. The van der Waals surface area contributed by atoms with Crippen LogP contribution in [-0.4, -0.2) is 85.4 Å². The third-order valence-corrected chi connectivity index (χ3v) is 6.44. The lowest BCUT2D eigenvalue weighted by molar-refractivity contribution is -0.136. The standard InChI is InChI=1S/C23H36N4O2/c1-25-16-12-20(13-17-25)26(2)18-22(28)27-15-7-6-10-21(27)11-14-24-23(29)19-8-4-3-5-9-19/h3-5,8-9,20-21H,6-7,10-18H2,1-2H3,(H,24,29)/t21-/m1/s1. The first-order valence-corrected chi connectivity index (χ1v) is 11.1. The number of nitrogens with zero attached hydrogens (tertiary/aromatic N) is 3. The van der Waals surface area contributed by atoms with Gasteiger partial charge in [0.25, 0.3) is 5.91 Å². The van der Waals surface area contributed by atoms with E-state index in [9.17, 15) is 9.59 Å². The van der Waals surface area contributed by atoms with Crippen molar-refractivity contribution in [2.24, 2.45) is 0 Å². The third-order valence-electron chi connectivity index (χ3n) is 6.44. The number of rotatable bonds is 7. The number of benzene rings is 1. The van der Waals surface area contributed by atoms with Crippen LogP contribution in [0, 0.1) is 0 Å². The van der Waals surface area contributed by atoms with E-state index in [1.807, 2.05) is 30.3 Å². The smallest absolute Gasteiger partial charge is 0.251 e. The molecule has 0 spiro atoms. The van der Waals surface area contributed by atoms with Crippen LogP contribution < -0.4 is 5.32 Å². The molecule has 29 heavy (non-hydrogen) atoms. The van der Waals surface area contributed by atoms with Crippen molar-refractivity contribution in [3.8, 4) is 0 Å². The number of amides is 2. The van der Waals surface area contributed by atoms with Crippen molar-refractivity contribution in [3.63, 3.8) is 0 Å². The second-order valence-electron chi connectivity index (χ2n) is 8.60. The maximum absolute atomic E-state index is 13.0. The molecule has 2 amide bonds. The van der Waals surface area contributed by atoms with Gasteiger partial charge in [-0.25, -0.2) is 0 Å². The Hall–Kier alpha value is -1.92. The summed E-state index contributed by atoms with van der Waals surface area (Å²) in [5.41, 5.74) is 0.684. The lowest BCUT2D eigenvalue weighted by atomic mass is 9.98. The molecular formula is C23H36N4O2. The molecule has 2 heterocycles. The van der Waals surface area contributed by atoms with Gasteiger partial charge >= 0.3 is 0 Å². The molecule has 160 valence electrons. The molecule has 6 heteroatoms. The van der Waals surface area contributed by atoms with E-state index in [0.29, 0.717) is 24.7 Å². The summed E-state index contributed by atoms with van der Waals surface area (Å²) >= 11 is 0. The van der Waals surface area contributed by atoms with E-state index < -0.39 is 0 Å². The van der Waals surface area contributed by atoms with Crippen molar-refractivity contribution in [1.29, 1.82) is 0 Å². The number of likely N-dealkylation sites (tertiary alicyclic amines) is 2. The summed E-state index contributed by atoms with van der Waals surface area (Å²) in [6.45, 7) is 4.17. The summed E-state index contributed by atoms with van der Waals surface area (Å²) in [5.74, 6) is 0.201. The molecule has 1 aromatic carbocycles. The Balaban J connectivity index is 1.47. The SMILES string of the molecule is CN1CCC(N(C)CC(=O)N2CCCC[C@@H]2CCNC(=O)c2ccccc2)CC1. The molecule has 2 saturated heterocycles. The number of likely N-dealkylation sites (N-methyl/N-ethyl adjacent to an activating group) is 1. The van der Waals surface area contributed by atoms with Crippen LogP contribution >= 0.6 is 0 Å². The van der Waals surface area contributed by atoms with Gasteiger partial charge in [-0.1, -0.05) is 18.2 Å². The monoisotopic (exact) mass is 400 g/mol. The summed E-state index contributed by atoms with van der Waals surface area (Å²) in [4.78, 5) is 32.0. The van der Waals surface area contributed by atoms with Crippen molar-refractivity contribution in [1.82, 2.24) is 20.0 Å². The Bertz CT molecular complexity index is 658. The van der Waals surface area contributed by atoms with Crippen LogP contribution in [-0.2, 0) is 4.79 Å². The first-order chi connectivity index (χ1) is 14.0. The van der Waals surface area contributed by atoms with Gasteiger partial charge in [0.05, 0.1) is 6.54 Å². The average molecular weight is 401 g/mol. The van der Waals surface area contributed by atoms with Gasteiger partial charge < -0.3 is 15.1 Å². The molecule has 1 aromatic rings. The molecule has 2 fully saturated rings. The van der Waals surface area contributed by atoms with E-state index in [1.54, 1.807) is 0 Å². The Morgan fingerprint density at radius 2 is 1.79 bits per heavy atom. The molecular weight excluding hydrogens is 364 g/mol. The van der Waals surface area contributed by atoms with E-state index >= 15 is 0 Å². The number of piperidine rings is 2. The van der Waals surface area contributed by atoms with E-state index in [2.05, 4.69) is 34.1 Å². The lowest BCUT2D eigenvalue weighted by Gasteiger charge is -2.39. The molecule has 0 radical (unpaired) electrons. The molecule has 2 aliphatic rings. The van der Waals surface area contributed by atoms with Gasteiger partial charge in [0.1, 0.15) is 0 Å². The Morgan fingerprint density at radius 3 is 2.52 bits per heavy atom. The maximum atomic E-state index is 13.0. The fourth-order valence-corrected chi connectivity index (χ4v) is 4.54. The van der Waals surface area contributed by atoms with Crippen LogP contribution in [0.3, 0.4) is 0 Å². The van der Waals surface area contributed by atoms with Gasteiger partial charge in [-0.2, -0.15) is 0 Å². The van der Waals surface area contributed by atoms with E-state index in [-0.39, 0.29) is 17.9 Å². The lowest BCUT2D eigenvalue weighted by Crippen LogP contribution is -2.51. The first kappa shape index (κ1) is 21.8. The van der Waals surface area contributed by atoms with Gasteiger partial charge in [-0.15, -0.1) is 0 Å². The van der Waals surface area contributed by atoms with Crippen LogP contribution in [0.5, 0.6) is 0 Å². The summed E-state index contributed by atoms with van der Waals surface area (Å²) in [6.07, 6.45) is 6.36. The van der Waals surface area contributed by atoms with Crippen molar-refractivity contribution in [2.75, 3.05) is 46.8 Å². The maximum Gasteiger partial charge on any atom is 0.251 e. The summed E-state index contributed by atoms with van der Waals surface area (Å²) in [7, 11) is 4.25. The number of hydrogen-bond acceptors (Lipinski definition) is 4. The molecule has 0 aliphatic carbocycles. The zero-order chi connectivity index (χ0) is 20.6. The molecule has 3 rings (SSSR count). The van der Waals surface area contributed by atoms with Crippen LogP contribution in [0.2, 0.25) is 0 Å². The number of carbonyl (C=O) groups is 2. The minimum absolute atomic E-state index is 0.0405. The van der Waals surface area contributed by atoms with E-state index in [0.717, 1.165) is 58.2 Å². The van der Waals surface area contributed by atoms with Crippen LogP contribution in [0.25, 0.3) is 0 Å². The Labute approximate surface area is 175 Å². The quantitative estimate of drug-likeness (QED) is 0.763.